The second kappa shape index (κ2) is 11.4. The van der Waals surface area contributed by atoms with Crippen molar-refractivity contribution in [2.75, 3.05) is 38.6 Å². The lowest BCUT2D eigenvalue weighted by Crippen LogP contribution is -2.35. The smallest absolute Gasteiger partial charge is 0.293 e. The van der Waals surface area contributed by atoms with Gasteiger partial charge in [-0.05, 0) is 31.0 Å². The van der Waals surface area contributed by atoms with Crippen molar-refractivity contribution in [3.63, 3.8) is 0 Å². The Bertz CT molecular complexity index is 1070. The highest BCUT2D eigenvalue weighted by atomic mass is 16.6. The Morgan fingerprint density at radius 2 is 1.65 bits per heavy atom. The fourth-order valence-corrected chi connectivity index (χ4v) is 4.08. The molecule has 9 nitrogen and oxygen atoms in total. The maximum Gasteiger partial charge on any atom is 0.293 e. The summed E-state index contributed by atoms with van der Waals surface area (Å²) >= 11 is 0. The summed E-state index contributed by atoms with van der Waals surface area (Å²) < 4.78 is 0. The zero-order valence-corrected chi connectivity index (χ0v) is 19.6. The van der Waals surface area contributed by atoms with E-state index >= 15 is 0 Å². The number of hydrogen-bond acceptors (Lipinski definition) is 6. The van der Waals surface area contributed by atoms with Gasteiger partial charge in [0.1, 0.15) is 5.69 Å². The van der Waals surface area contributed by atoms with Gasteiger partial charge in [-0.1, -0.05) is 31.0 Å². The fourth-order valence-electron chi connectivity index (χ4n) is 4.08. The number of likely N-dealkylation sites (tertiary alicyclic amines) is 1. The molecule has 0 unspecified atom stereocenters. The number of hydrogen-bond donors (Lipinski definition) is 1. The molecule has 9 heteroatoms. The summed E-state index contributed by atoms with van der Waals surface area (Å²) in [6.07, 6.45) is 4.46. The molecule has 1 saturated heterocycles. The number of anilines is 1. The predicted octanol–water partition coefficient (Wildman–Crippen LogP) is 3.41. The second-order valence-corrected chi connectivity index (χ2v) is 8.53. The summed E-state index contributed by atoms with van der Waals surface area (Å²) in [7, 11) is 3.36. The van der Waals surface area contributed by atoms with Crippen molar-refractivity contribution in [3.8, 4) is 0 Å². The molecule has 0 radical (unpaired) electrons. The van der Waals surface area contributed by atoms with Gasteiger partial charge in [0.05, 0.1) is 10.5 Å². The number of rotatable bonds is 8. The standard InChI is InChI=1S/C25H30N4O5/c1-27(2)21-12-11-18(17-22(21)29(33)34)24(31)19-9-5-6-10-20(19)25(32)26-14-13-23(30)28-15-7-3-4-8-16-28/h5-6,9-12,17H,3-4,7-8,13-16H2,1-2H3,(H,26,32). The van der Waals surface area contributed by atoms with Crippen molar-refractivity contribution < 1.29 is 19.3 Å². The van der Waals surface area contributed by atoms with E-state index in [1.807, 2.05) is 4.90 Å². The molecule has 2 aromatic carbocycles. The van der Waals surface area contributed by atoms with Crippen LogP contribution in [0.2, 0.25) is 0 Å². The van der Waals surface area contributed by atoms with Crippen molar-refractivity contribution in [2.45, 2.75) is 32.1 Å². The molecule has 2 aromatic rings. The van der Waals surface area contributed by atoms with E-state index < -0.39 is 16.6 Å². The van der Waals surface area contributed by atoms with Gasteiger partial charge in [-0.3, -0.25) is 24.5 Å². The van der Waals surface area contributed by atoms with Crippen molar-refractivity contribution >= 4 is 29.0 Å². The quantitative estimate of drug-likeness (QED) is 0.362. The number of ketones is 1. The van der Waals surface area contributed by atoms with Crippen molar-refractivity contribution in [1.29, 1.82) is 0 Å². The van der Waals surface area contributed by atoms with E-state index in [1.54, 1.807) is 31.1 Å². The van der Waals surface area contributed by atoms with Gasteiger partial charge >= 0.3 is 0 Å². The Morgan fingerprint density at radius 3 is 2.26 bits per heavy atom. The third-order valence-corrected chi connectivity index (χ3v) is 5.92. The Morgan fingerprint density at radius 1 is 1.00 bits per heavy atom. The topological polar surface area (TPSA) is 113 Å². The largest absolute Gasteiger partial charge is 0.372 e. The highest BCUT2D eigenvalue weighted by molar-refractivity contribution is 6.15. The molecule has 1 fully saturated rings. The van der Waals surface area contributed by atoms with Gasteiger partial charge in [0.15, 0.2) is 5.78 Å². The van der Waals surface area contributed by atoms with Gasteiger partial charge < -0.3 is 15.1 Å². The van der Waals surface area contributed by atoms with Crippen LogP contribution in [0.1, 0.15) is 58.4 Å². The monoisotopic (exact) mass is 466 g/mol. The fraction of sp³-hybridized carbons (Fsp3) is 0.400. The van der Waals surface area contributed by atoms with Crippen molar-refractivity contribution in [2.24, 2.45) is 0 Å². The van der Waals surface area contributed by atoms with Crippen LogP contribution < -0.4 is 10.2 Å². The molecular weight excluding hydrogens is 436 g/mol. The number of benzene rings is 2. The maximum atomic E-state index is 13.2. The van der Waals surface area contributed by atoms with Crippen LogP contribution in [-0.2, 0) is 4.79 Å². The van der Waals surface area contributed by atoms with Crippen LogP contribution in [0.15, 0.2) is 42.5 Å². The summed E-state index contributed by atoms with van der Waals surface area (Å²) in [4.78, 5) is 52.9. The normalized spacial score (nSPS) is 13.6. The van der Waals surface area contributed by atoms with Crippen LogP contribution in [-0.4, -0.2) is 61.2 Å². The van der Waals surface area contributed by atoms with Crippen LogP contribution >= 0.6 is 0 Å². The van der Waals surface area contributed by atoms with Crippen LogP contribution in [0, 0.1) is 10.1 Å². The summed E-state index contributed by atoms with van der Waals surface area (Å²) in [5, 5.41) is 14.2. The molecule has 0 aliphatic carbocycles. The second-order valence-electron chi connectivity index (χ2n) is 8.53. The van der Waals surface area contributed by atoms with E-state index in [4.69, 9.17) is 0 Å². The predicted molar refractivity (Wildman–Crippen MR) is 129 cm³/mol. The number of nitro benzene ring substituents is 1. The first-order valence-electron chi connectivity index (χ1n) is 11.4. The number of nitrogens with one attached hydrogen (secondary N) is 1. The zero-order valence-electron chi connectivity index (χ0n) is 19.6. The Labute approximate surface area is 198 Å². The summed E-state index contributed by atoms with van der Waals surface area (Å²) in [5.74, 6) is -0.938. The molecular formula is C25H30N4O5. The number of nitrogens with zero attached hydrogens (tertiary/aromatic N) is 3. The summed E-state index contributed by atoms with van der Waals surface area (Å²) in [6.45, 7) is 1.67. The van der Waals surface area contributed by atoms with E-state index in [1.165, 1.54) is 30.3 Å². The molecule has 2 amide bonds. The van der Waals surface area contributed by atoms with Crippen LogP contribution in [0.25, 0.3) is 0 Å². The molecule has 1 heterocycles. The van der Waals surface area contributed by atoms with Gasteiger partial charge in [-0.15, -0.1) is 0 Å². The first-order valence-corrected chi connectivity index (χ1v) is 11.4. The lowest BCUT2D eigenvalue weighted by molar-refractivity contribution is -0.384. The number of nitro groups is 1. The average Bonchev–Trinajstić information content (AvgIpc) is 3.12. The van der Waals surface area contributed by atoms with Crippen LogP contribution in [0.3, 0.4) is 0 Å². The molecule has 0 spiro atoms. The third-order valence-electron chi connectivity index (χ3n) is 5.92. The molecule has 1 aliphatic rings. The van der Waals surface area contributed by atoms with E-state index in [-0.39, 0.29) is 41.3 Å². The summed E-state index contributed by atoms with van der Waals surface area (Å²) in [5.41, 5.74) is 0.611. The van der Waals surface area contributed by atoms with E-state index in [9.17, 15) is 24.5 Å². The van der Waals surface area contributed by atoms with Gasteiger partial charge in [0, 0.05) is 57.3 Å². The van der Waals surface area contributed by atoms with E-state index in [2.05, 4.69) is 5.32 Å². The first-order chi connectivity index (χ1) is 16.3. The van der Waals surface area contributed by atoms with Gasteiger partial charge in [0.25, 0.3) is 11.6 Å². The molecule has 180 valence electrons. The lowest BCUT2D eigenvalue weighted by atomic mass is 9.97. The molecule has 34 heavy (non-hydrogen) atoms. The minimum absolute atomic E-state index is 0.0138. The third kappa shape index (κ3) is 5.98. The average molecular weight is 467 g/mol. The number of carbonyl (C=O) groups is 3. The number of carbonyl (C=O) groups excluding carboxylic acids is 3. The maximum absolute atomic E-state index is 13.2. The van der Waals surface area contributed by atoms with Gasteiger partial charge in [-0.2, -0.15) is 0 Å². The van der Waals surface area contributed by atoms with E-state index in [0.717, 1.165) is 38.8 Å². The van der Waals surface area contributed by atoms with E-state index in [0.29, 0.717) is 5.69 Å². The molecule has 0 aromatic heterocycles. The molecule has 0 bridgehead atoms. The van der Waals surface area contributed by atoms with Crippen molar-refractivity contribution in [1.82, 2.24) is 10.2 Å². The van der Waals surface area contributed by atoms with Crippen LogP contribution in [0.4, 0.5) is 11.4 Å². The Balaban J connectivity index is 1.72. The van der Waals surface area contributed by atoms with Gasteiger partial charge in [0.2, 0.25) is 5.91 Å². The lowest BCUT2D eigenvalue weighted by Gasteiger charge is -2.20. The molecule has 0 atom stereocenters. The molecule has 0 saturated carbocycles. The van der Waals surface area contributed by atoms with Crippen LogP contribution in [0.5, 0.6) is 0 Å². The highest BCUT2D eigenvalue weighted by Gasteiger charge is 2.23. The first kappa shape index (κ1) is 24.9. The molecule has 1 N–H and O–H groups in total. The van der Waals surface area contributed by atoms with Crippen molar-refractivity contribution in [3.05, 3.63) is 69.3 Å². The summed E-state index contributed by atoms with van der Waals surface area (Å²) in [6, 6.07) is 10.6. The molecule has 3 rings (SSSR count). The zero-order chi connectivity index (χ0) is 24.7. The SMILES string of the molecule is CN(C)c1ccc(C(=O)c2ccccc2C(=O)NCCC(=O)N2CCCCCC2)cc1[N+](=O)[O-]. The number of amides is 2. The Hall–Kier alpha value is -3.75. The highest BCUT2D eigenvalue weighted by Crippen LogP contribution is 2.29. The Kier molecular flexibility index (Phi) is 8.34. The van der Waals surface area contributed by atoms with Gasteiger partial charge in [-0.25, -0.2) is 0 Å². The minimum Gasteiger partial charge on any atom is -0.372 e. The molecule has 1 aliphatic heterocycles. The minimum atomic E-state index is -0.536.